The van der Waals surface area contributed by atoms with Gasteiger partial charge in [0.15, 0.2) is 0 Å². The largest absolute Gasteiger partial charge is 0.354 e. The van der Waals surface area contributed by atoms with Crippen molar-refractivity contribution in [3.63, 3.8) is 0 Å². The Morgan fingerprint density at radius 2 is 0.800 bits per heavy atom. The van der Waals surface area contributed by atoms with Crippen LogP contribution in [-0.4, -0.2) is 15.0 Å². The fourth-order valence-corrected chi connectivity index (χ4v) is 5.93. The molecule has 0 saturated carbocycles. The first-order valence-electron chi connectivity index (χ1n) is 9.53. The molecule has 0 spiro atoms. The molecule has 6 heteroatoms. The van der Waals surface area contributed by atoms with Gasteiger partial charge < -0.3 is 15.0 Å². The second-order valence-corrected chi connectivity index (χ2v) is 10.4. The Morgan fingerprint density at radius 3 is 1.30 bits per heavy atom. The molecule has 144 valence electrons. The molecule has 0 atom stereocenters. The molecular weight excluding hydrogens is 570 g/mol. The van der Waals surface area contributed by atoms with Gasteiger partial charge in [0, 0.05) is 62.3 Å². The second kappa shape index (κ2) is 5.90. The van der Waals surface area contributed by atoms with Crippen LogP contribution in [0.4, 0.5) is 0 Å². The summed E-state index contributed by atoms with van der Waals surface area (Å²) in [5.41, 5.74) is 6.81. The van der Waals surface area contributed by atoms with Crippen LogP contribution in [0.15, 0.2) is 68.0 Å². The van der Waals surface area contributed by atoms with Crippen molar-refractivity contribution in [3.8, 4) is 0 Å². The summed E-state index contributed by atoms with van der Waals surface area (Å²) < 4.78 is 3.20. The highest BCUT2D eigenvalue weighted by Gasteiger charge is 2.20. The minimum Gasteiger partial charge on any atom is -0.354 e. The maximum absolute atomic E-state index is 3.73. The number of nitrogens with one attached hydrogen (secondary N) is 3. The second-order valence-electron chi connectivity index (χ2n) is 7.69. The summed E-state index contributed by atoms with van der Waals surface area (Å²) >= 11 is 10.9. The molecule has 7 aromatic rings. The first kappa shape index (κ1) is 17.4. The summed E-state index contributed by atoms with van der Waals surface area (Å²) in [6.45, 7) is 0. The zero-order chi connectivity index (χ0) is 20.1. The first-order valence-corrected chi connectivity index (χ1v) is 11.9. The van der Waals surface area contributed by atoms with E-state index in [4.69, 9.17) is 0 Å². The molecule has 0 fully saturated rings. The molecule has 3 N–H and O–H groups in total. The number of aromatic nitrogens is 3. The molecule has 4 aromatic carbocycles. The molecule has 30 heavy (non-hydrogen) atoms. The molecular formula is C24H12Br3N3. The van der Waals surface area contributed by atoms with E-state index in [1.165, 1.54) is 37.8 Å². The van der Waals surface area contributed by atoms with Crippen LogP contribution in [-0.2, 0) is 0 Å². The van der Waals surface area contributed by atoms with Crippen molar-refractivity contribution in [2.75, 3.05) is 0 Å². The lowest BCUT2D eigenvalue weighted by Gasteiger charge is -2.01. The molecule has 0 radical (unpaired) electrons. The van der Waals surface area contributed by atoms with Gasteiger partial charge in [0.05, 0.1) is 16.6 Å². The number of benzene rings is 4. The van der Waals surface area contributed by atoms with E-state index in [2.05, 4.69) is 117 Å². The lowest BCUT2D eigenvalue weighted by Crippen LogP contribution is -1.77. The standard InChI is InChI=1S/C24H12Br3N3/c25-10-1-4-13-16(7-10)28-22-19(13)20-14-5-2-11(26)8-17(14)29-23(20)24-21(22)15-6-3-12(27)9-18(15)30-24/h1-9,28-30H. The van der Waals surface area contributed by atoms with Crippen LogP contribution in [0.5, 0.6) is 0 Å². The number of H-pyrrole nitrogens is 3. The van der Waals surface area contributed by atoms with Gasteiger partial charge in [-0.15, -0.1) is 0 Å². The van der Waals surface area contributed by atoms with Crippen LogP contribution in [0.25, 0.3) is 65.4 Å². The summed E-state index contributed by atoms with van der Waals surface area (Å²) in [5.74, 6) is 0. The number of fused-ring (bicyclic) bond motifs is 12. The molecule has 3 aromatic heterocycles. The van der Waals surface area contributed by atoms with Crippen molar-refractivity contribution in [2.45, 2.75) is 0 Å². The predicted octanol–water partition coefficient (Wildman–Crippen LogP) is 8.88. The Hall–Kier alpha value is -2.28. The zero-order valence-corrected chi connectivity index (χ0v) is 20.1. The van der Waals surface area contributed by atoms with Gasteiger partial charge >= 0.3 is 0 Å². The van der Waals surface area contributed by atoms with Gasteiger partial charge in [0.25, 0.3) is 0 Å². The van der Waals surface area contributed by atoms with Crippen molar-refractivity contribution in [1.29, 1.82) is 0 Å². The molecule has 3 heterocycles. The average Bonchev–Trinajstić information content (AvgIpc) is 3.37. The highest BCUT2D eigenvalue weighted by Crippen LogP contribution is 2.45. The normalized spacial score (nSPS) is 12.5. The van der Waals surface area contributed by atoms with E-state index in [1.54, 1.807) is 0 Å². The maximum Gasteiger partial charge on any atom is 0.0732 e. The fourth-order valence-electron chi connectivity index (χ4n) is 4.85. The third-order valence-electron chi connectivity index (χ3n) is 6.03. The van der Waals surface area contributed by atoms with Crippen molar-refractivity contribution in [1.82, 2.24) is 15.0 Å². The van der Waals surface area contributed by atoms with Crippen molar-refractivity contribution >= 4 is 113 Å². The van der Waals surface area contributed by atoms with E-state index in [0.29, 0.717) is 0 Å². The number of halogens is 3. The minimum absolute atomic E-state index is 1.06. The van der Waals surface area contributed by atoms with Gasteiger partial charge in [-0.25, -0.2) is 0 Å². The summed E-state index contributed by atoms with van der Waals surface area (Å²) in [6.07, 6.45) is 0. The van der Waals surface area contributed by atoms with Gasteiger partial charge in [-0.3, -0.25) is 0 Å². The zero-order valence-electron chi connectivity index (χ0n) is 15.3. The Kier molecular flexibility index (Phi) is 3.42. The Labute approximate surface area is 195 Å². The Bertz CT molecular complexity index is 1840. The van der Waals surface area contributed by atoms with Crippen LogP contribution in [0.1, 0.15) is 0 Å². The van der Waals surface area contributed by atoms with E-state index in [1.807, 2.05) is 0 Å². The summed E-state index contributed by atoms with van der Waals surface area (Å²) in [4.78, 5) is 11.1. The van der Waals surface area contributed by atoms with Gasteiger partial charge in [0.1, 0.15) is 0 Å². The predicted molar refractivity (Wildman–Crippen MR) is 138 cm³/mol. The van der Waals surface area contributed by atoms with E-state index in [0.717, 1.165) is 41.0 Å². The fraction of sp³-hybridized carbons (Fsp3) is 0. The number of hydrogen-bond donors (Lipinski definition) is 3. The van der Waals surface area contributed by atoms with E-state index in [-0.39, 0.29) is 0 Å². The third kappa shape index (κ3) is 2.19. The van der Waals surface area contributed by atoms with Gasteiger partial charge in [0.2, 0.25) is 0 Å². The smallest absolute Gasteiger partial charge is 0.0732 e. The number of aromatic amines is 3. The minimum atomic E-state index is 1.06. The number of hydrogen-bond acceptors (Lipinski definition) is 0. The SMILES string of the molecule is Brc1ccc2c(c1)[nH]c1c3[nH]c4cc(Br)ccc4c3c3c4ccc(Br)cc4[nH]c3c21. The van der Waals surface area contributed by atoms with Crippen molar-refractivity contribution in [3.05, 3.63) is 68.0 Å². The van der Waals surface area contributed by atoms with Crippen LogP contribution in [0.3, 0.4) is 0 Å². The van der Waals surface area contributed by atoms with Crippen LogP contribution < -0.4 is 0 Å². The average molecular weight is 582 g/mol. The molecule has 3 nitrogen and oxygen atoms in total. The monoisotopic (exact) mass is 579 g/mol. The van der Waals surface area contributed by atoms with Crippen molar-refractivity contribution in [2.24, 2.45) is 0 Å². The molecule has 0 aliphatic rings. The molecule has 7 rings (SSSR count). The molecule has 0 amide bonds. The lowest BCUT2D eigenvalue weighted by molar-refractivity contribution is 1.50. The highest BCUT2D eigenvalue weighted by molar-refractivity contribution is 9.11. The van der Waals surface area contributed by atoms with Gasteiger partial charge in [-0.2, -0.15) is 0 Å². The van der Waals surface area contributed by atoms with Crippen LogP contribution >= 0.6 is 47.8 Å². The molecule has 0 aliphatic heterocycles. The highest BCUT2D eigenvalue weighted by atomic mass is 79.9. The van der Waals surface area contributed by atoms with Gasteiger partial charge in [-0.05, 0) is 36.4 Å². The molecule has 0 aliphatic carbocycles. The molecule has 0 bridgehead atoms. The topological polar surface area (TPSA) is 47.4 Å². The molecule has 0 saturated heterocycles. The van der Waals surface area contributed by atoms with Gasteiger partial charge in [-0.1, -0.05) is 66.0 Å². The Balaban J connectivity index is 1.88. The summed E-state index contributed by atoms with van der Waals surface area (Å²) in [7, 11) is 0. The molecule has 0 unspecified atom stereocenters. The quantitative estimate of drug-likeness (QED) is 0.160. The third-order valence-corrected chi connectivity index (χ3v) is 7.51. The maximum atomic E-state index is 3.73. The van der Waals surface area contributed by atoms with E-state index < -0.39 is 0 Å². The van der Waals surface area contributed by atoms with Crippen LogP contribution in [0.2, 0.25) is 0 Å². The van der Waals surface area contributed by atoms with E-state index >= 15 is 0 Å². The summed E-state index contributed by atoms with van der Waals surface area (Å²) in [5, 5.41) is 7.40. The number of rotatable bonds is 0. The Morgan fingerprint density at radius 1 is 0.433 bits per heavy atom. The summed E-state index contributed by atoms with van der Waals surface area (Å²) in [6, 6.07) is 19.4. The van der Waals surface area contributed by atoms with Crippen molar-refractivity contribution < 1.29 is 0 Å². The lowest BCUT2D eigenvalue weighted by atomic mass is 10.0. The van der Waals surface area contributed by atoms with E-state index in [9.17, 15) is 0 Å². The first-order chi connectivity index (χ1) is 14.6. The van der Waals surface area contributed by atoms with Crippen LogP contribution in [0, 0.1) is 0 Å².